The first kappa shape index (κ1) is 15.6. The third-order valence-electron chi connectivity index (χ3n) is 2.92. The van der Waals surface area contributed by atoms with Crippen molar-refractivity contribution in [3.8, 4) is 23.7 Å². The van der Waals surface area contributed by atoms with Crippen LogP contribution in [-0.4, -0.2) is 10.2 Å². The van der Waals surface area contributed by atoms with Gasteiger partial charge in [0.25, 0.3) is 0 Å². The summed E-state index contributed by atoms with van der Waals surface area (Å²) >= 11 is 0. The lowest BCUT2D eigenvalue weighted by atomic mass is 10.1. The van der Waals surface area contributed by atoms with Crippen LogP contribution >= 0.6 is 0 Å². The third kappa shape index (κ3) is 4.96. The van der Waals surface area contributed by atoms with E-state index in [9.17, 15) is 10.2 Å². The highest BCUT2D eigenvalue weighted by Gasteiger charge is 2.00. The smallest absolute Gasteiger partial charge is 0.140 e. The molecular weight excluding hydrogens is 272 g/mol. The molecule has 0 aliphatic rings. The number of benzene rings is 2. The summed E-state index contributed by atoms with van der Waals surface area (Å²) in [5, 5.41) is 19.7. The van der Waals surface area contributed by atoms with Gasteiger partial charge in [0.05, 0.1) is 0 Å². The largest absolute Gasteiger partial charge is 0.376 e. The molecule has 0 radical (unpaired) electrons. The van der Waals surface area contributed by atoms with Crippen molar-refractivity contribution in [2.24, 2.45) is 0 Å². The van der Waals surface area contributed by atoms with Gasteiger partial charge in [-0.25, -0.2) is 0 Å². The van der Waals surface area contributed by atoms with E-state index in [1.807, 2.05) is 60.7 Å². The van der Waals surface area contributed by atoms with Crippen molar-refractivity contribution in [2.75, 3.05) is 0 Å². The van der Waals surface area contributed by atoms with Crippen LogP contribution < -0.4 is 0 Å². The van der Waals surface area contributed by atoms with Gasteiger partial charge >= 0.3 is 0 Å². The number of rotatable bonds is 2. The average molecular weight is 288 g/mol. The monoisotopic (exact) mass is 288 g/mol. The van der Waals surface area contributed by atoms with Crippen molar-refractivity contribution < 1.29 is 10.2 Å². The molecule has 0 saturated heterocycles. The first-order valence-corrected chi connectivity index (χ1v) is 6.90. The molecule has 0 amide bonds. The lowest BCUT2D eigenvalue weighted by Gasteiger charge is -2.01. The molecule has 0 aromatic heterocycles. The number of aliphatic hydroxyl groups excluding tert-OH is 2. The fourth-order valence-electron chi connectivity index (χ4n) is 1.77. The Morgan fingerprint density at radius 2 is 1.00 bits per heavy atom. The molecule has 0 bridgehead atoms. The number of hydrogen-bond donors (Lipinski definition) is 2. The van der Waals surface area contributed by atoms with Gasteiger partial charge in [-0.3, -0.25) is 0 Å². The molecular formula is C20H16O2. The van der Waals surface area contributed by atoms with Crippen LogP contribution in [0.2, 0.25) is 0 Å². The van der Waals surface area contributed by atoms with Gasteiger partial charge in [-0.1, -0.05) is 84.3 Å². The van der Waals surface area contributed by atoms with Crippen molar-refractivity contribution >= 4 is 0 Å². The molecule has 2 atom stereocenters. The molecule has 2 N–H and O–H groups in total. The number of allylic oxidation sites excluding steroid dienone is 2. The zero-order valence-corrected chi connectivity index (χ0v) is 12.0. The standard InChI is InChI=1S/C20H16O2/c21-19(17-11-5-3-6-12-17)15-9-1-2-10-16-20(22)18-13-7-4-8-14-18/h1-8,11-14,19-22H/b2-1-/t19-,20+. The highest BCUT2D eigenvalue weighted by Crippen LogP contribution is 2.10. The summed E-state index contributed by atoms with van der Waals surface area (Å²) in [5.74, 6) is 10.9. The Morgan fingerprint density at radius 3 is 1.36 bits per heavy atom. The van der Waals surface area contributed by atoms with Gasteiger partial charge < -0.3 is 10.2 Å². The predicted molar refractivity (Wildman–Crippen MR) is 87.5 cm³/mol. The Morgan fingerprint density at radius 1 is 0.636 bits per heavy atom. The van der Waals surface area contributed by atoms with Gasteiger partial charge in [0.15, 0.2) is 0 Å². The Hall–Kier alpha value is -2.78. The highest BCUT2D eigenvalue weighted by molar-refractivity contribution is 5.32. The summed E-state index contributed by atoms with van der Waals surface area (Å²) in [4.78, 5) is 0. The average Bonchev–Trinajstić information content (AvgIpc) is 2.59. The number of aliphatic hydroxyl groups is 2. The summed E-state index contributed by atoms with van der Waals surface area (Å²) in [6.07, 6.45) is 1.48. The maximum Gasteiger partial charge on any atom is 0.140 e. The summed E-state index contributed by atoms with van der Waals surface area (Å²) in [6, 6.07) is 18.5. The van der Waals surface area contributed by atoms with Crippen LogP contribution in [0, 0.1) is 23.7 Å². The molecule has 0 aliphatic carbocycles. The lowest BCUT2D eigenvalue weighted by molar-refractivity contribution is 0.238. The third-order valence-corrected chi connectivity index (χ3v) is 2.92. The molecule has 0 heterocycles. The van der Waals surface area contributed by atoms with Crippen LogP contribution in [0.5, 0.6) is 0 Å². The maximum atomic E-state index is 9.83. The van der Waals surface area contributed by atoms with E-state index in [1.54, 1.807) is 12.2 Å². The second-order valence-corrected chi connectivity index (χ2v) is 4.54. The molecule has 22 heavy (non-hydrogen) atoms. The van der Waals surface area contributed by atoms with E-state index < -0.39 is 12.2 Å². The molecule has 0 spiro atoms. The Bertz CT molecular complexity index is 660. The molecule has 2 aromatic rings. The molecule has 2 heteroatoms. The fraction of sp³-hybridized carbons (Fsp3) is 0.100. The zero-order chi connectivity index (χ0) is 15.6. The van der Waals surface area contributed by atoms with Crippen molar-refractivity contribution in [2.45, 2.75) is 12.2 Å². The van der Waals surface area contributed by atoms with Gasteiger partial charge in [-0.05, 0) is 23.3 Å². The molecule has 2 nitrogen and oxygen atoms in total. The normalized spacial score (nSPS) is 12.6. The molecule has 0 unspecified atom stereocenters. The van der Waals surface area contributed by atoms with Gasteiger partial charge in [0.1, 0.15) is 12.2 Å². The fourth-order valence-corrected chi connectivity index (χ4v) is 1.77. The van der Waals surface area contributed by atoms with Crippen LogP contribution in [0.4, 0.5) is 0 Å². The van der Waals surface area contributed by atoms with Crippen molar-refractivity contribution in [1.82, 2.24) is 0 Å². The minimum absolute atomic E-state index is 0.758. The van der Waals surface area contributed by atoms with Crippen LogP contribution in [0.25, 0.3) is 0 Å². The molecule has 2 rings (SSSR count). The molecule has 0 fully saturated rings. The first-order valence-electron chi connectivity index (χ1n) is 6.90. The Kier molecular flexibility index (Phi) is 6.03. The van der Waals surface area contributed by atoms with Gasteiger partial charge in [0, 0.05) is 0 Å². The summed E-state index contributed by atoms with van der Waals surface area (Å²) in [7, 11) is 0. The number of hydrogen-bond acceptors (Lipinski definition) is 2. The van der Waals surface area contributed by atoms with E-state index >= 15 is 0 Å². The van der Waals surface area contributed by atoms with Gasteiger partial charge in [0.2, 0.25) is 0 Å². The molecule has 0 saturated carbocycles. The van der Waals surface area contributed by atoms with Crippen LogP contribution in [0.3, 0.4) is 0 Å². The van der Waals surface area contributed by atoms with Crippen LogP contribution in [-0.2, 0) is 0 Å². The zero-order valence-electron chi connectivity index (χ0n) is 12.0. The first-order chi connectivity index (χ1) is 10.8. The molecule has 2 aromatic carbocycles. The second kappa shape index (κ2) is 8.49. The van der Waals surface area contributed by atoms with Gasteiger partial charge in [-0.2, -0.15) is 0 Å². The van der Waals surface area contributed by atoms with Crippen molar-refractivity contribution in [3.63, 3.8) is 0 Å². The minimum atomic E-state index is -0.811. The SMILES string of the molecule is O[C@H](C#C/C=C\C#C[C@H](O)c1ccccc1)c1ccccc1. The minimum Gasteiger partial charge on any atom is -0.376 e. The second-order valence-electron chi connectivity index (χ2n) is 4.54. The lowest BCUT2D eigenvalue weighted by Crippen LogP contribution is -1.92. The van der Waals surface area contributed by atoms with E-state index in [2.05, 4.69) is 23.7 Å². The van der Waals surface area contributed by atoms with E-state index in [0.29, 0.717) is 0 Å². The summed E-state index contributed by atoms with van der Waals surface area (Å²) in [5.41, 5.74) is 1.52. The molecule has 108 valence electrons. The van der Waals surface area contributed by atoms with E-state index in [0.717, 1.165) is 11.1 Å². The summed E-state index contributed by atoms with van der Waals surface area (Å²) < 4.78 is 0. The van der Waals surface area contributed by atoms with E-state index in [1.165, 1.54) is 0 Å². The van der Waals surface area contributed by atoms with Crippen LogP contribution in [0.15, 0.2) is 72.8 Å². The quantitative estimate of drug-likeness (QED) is 0.834. The molecule has 0 aliphatic heterocycles. The van der Waals surface area contributed by atoms with Crippen molar-refractivity contribution in [3.05, 3.63) is 83.9 Å². The van der Waals surface area contributed by atoms with E-state index in [4.69, 9.17) is 0 Å². The Balaban J connectivity index is 1.90. The van der Waals surface area contributed by atoms with Gasteiger partial charge in [-0.15, -0.1) is 0 Å². The van der Waals surface area contributed by atoms with E-state index in [-0.39, 0.29) is 0 Å². The van der Waals surface area contributed by atoms with Crippen molar-refractivity contribution in [1.29, 1.82) is 0 Å². The summed E-state index contributed by atoms with van der Waals surface area (Å²) in [6.45, 7) is 0. The predicted octanol–water partition coefficient (Wildman–Crippen LogP) is 3.02. The topological polar surface area (TPSA) is 40.5 Å². The highest BCUT2D eigenvalue weighted by atomic mass is 16.3. The Labute approximate surface area is 130 Å². The maximum absolute atomic E-state index is 9.83. The van der Waals surface area contributed by atoms with Crippen LogP contribution in [0.1, 0.15) is 23.3 Å².